The Bertz CT molecular complexity index is 1100. The van der Waals surface area contributed by atoms with Gasteiger partial charge in [-0.05, 0) is 49.6 Å². The van der Waals surface area contributed by atoms with Crippen molar-refractivity contribution < 1.29 is 33.6 Å². The van der Waals surface area contributed by atoms with Crippen LogP contribution in [-0.2, 0) is 30.3 Å². The quantitative estimate of drug-likeness (QED) is 0.359. The highest BCUT2D eigenvalue weighted by molar-refractivity contribution is 5.91. The number of amides is 2. The maximum absolute atomic E-state index is 12.2. The lowest BCUT2D eigenvalue weighted by molar-refractivity contribution is -0.276. The van der Waals surface area contributed by atoms with Crippen molar-refractivity contribution in [2.45, 2.75) is 57.8 Å². The summed E-state index contributed by atoms with van der Waals surface area (Å²) in [5.41, 5.74) is 3.29. The standard InChI is InChI=1S/C30H41N3O7/c1-4-38-27(35)16-31-30(36)32-24-13-11-23(12-14-24)29-39-26(17-33-15-5-6-25(33)19-37-3)20(2)28(40-29)22-9-7-21(18-34)8-10-22/h7-14,20,25-26,28-29,34H,4-6,15-19H2,1-3H3,(H2,31,32,36)/t20-,25+,26+,28+,29+/m1/s1. The molecule has 2 amide bonds. The average Bonchev–Trinajstić information content (AvgIpc) is 3.40. The fraction of sp³-hybridized carbons (Fsp3) is 0.533. The van der Waals surface area contributed by atoms with Gasteiger partial charge in [0.05, 0.1) is 32.0 Å². The lowest BCUT2D eigenvalue weighted by Crippen LogP contribution is -2.46. The summed E-state index contributed by atoms with van der Waals surface area (Å²) < 4.78 is 23.4. The topological polar surface area (TPSA) is 119 Å². The summed E-state index contributed by atoms with van der Waals surface area (Å²) in [6.45, 7) is 6.42. The number of methoxy groups -OCH3 is 1. The molecular formula is C30H41N3O7. The minimum Gasteiger partial charge on any atom is -0.465 e. The van der Waals surface area contributed by atoms with Crippen LogP contribution in [0.5, 0.6) is 0 Å². The maximum Gasteiger partial charge on any atom is 0.325 e. The molecule has 2 aromatic carbocycles. The number of benzene rings is 2. The lowest BCUT2D eigenvalue weighted by atomic mass is 9.90. The van der Waals surface area contributed by atoms with Gasteiger partial charge in [0, 0.05) is 36.9 Å². The van der Waals surface area contributed by atoms with Crippen LogP contribution >= 0.6 is 0 Å². The van der Waals surface area contributed by atoms with Crippen LogP contribution in [0.25, 0.3) is 0 Å². The second-order valence-electron chi connectivity index (χ2n) is 10.3. The Hall–Kier alpha value is -3.02. The molecule has 2 saturated heterocycles. The van der Waals surface area contributed by atoms with Crippen LogP contribution < -0.4 is 10.6 Å². The van der Waals surface area contributed by atoms with Gasteiger partial charge < -0.3 is 34.7 Å². The Balaban J connectivity index is 1.48. The third-order valence-electron chi connectivity index (χ3n) is 7.54. The number of likely N-dealkylation sites (tertiary alicyclic amines) is 1. The van der Waals surface area contributed by atoms with Gasteiger partial charge in [-0.3, -0.25) is 9.69 Å². The third-order valence-corrected chi connectivity index (χ3v) is 7.54. The van der Waals surface area contributed by atoms with Gasteiger partial charge in [0.2, 0.25) is 0 Å². The molecule has 3 N–H and O–H groups in total. The van der Waals surface area contributed by atoms with Crippen molar-refractivity contribution in [3.8, 4) is 0 Å². The van der Waals surface area contributed by atoms with E-state index in [-0.39, 0.29) is 37.9 Å². The zero-order valence-electron chi connectivity index (χ0n) is 23.5. The highest BCUT2D eigenvalue weighted by Gasteiger charge is 2.40. The maximum atomic E-state index is 12.2. The van der Waals surface area contributed by atoms with Gasteiger partial charge in [0.15, 0.2) is 6.29 Å². The first-order valence-electron chi connectivity index (χ1n) is 14.0. The number of aliphatic hydroxyl groups is 1. The summed E-state index contributed by atoms with van der Waals surface area (Å²) in [6, 6.07) is 15.0. The van der Waals surface area contributed by atoms with Crippen molar-refractivity contribution in [2.24, 2.45) is 5.92 Å². The van der Waals surface area contributed by atoms with E-state index in [1.165, 1.54) is 0 Å². The van der Waals surface area contributed by atoms with Crippen LogP contribution in [0, 0.1) is 5.92 Å². The van der Waals surface area contributed by atoms with Gasteiger partial charge in [0.1, 0.15) is 6.54 Å². The molecule has 40 heavy (non-hydrogen) atoms. The molecule has 0 spiro atoms. The van der Waals surface area contributed by atoms with E-state index in [0.29, 0.717) is 18.3 Å². The number of anilines is 1. The largest absolute Gasteiger partial charge is 0.465 e. The normalized spacial score (nSPS) is 24.9. The summed E-state index contributed by atoms with van der Waals surface area (Å²) in [6.07, 6.45) is 1.38. The van der Waals surface area contributed by atoms with Crippen molar-refractivity contribution in [2.75, 3.05) is 45.3 Å². The van der Waals surface area contributed by atoms with Gasteiger partial charge in [0.25, 0.3) is 0 Å². The zero-order chi connectivity index (χ0) is 28.5. The van der Waals surface area contributed by atoms with E-state index < -0.39 is 18.3 Å². The number of hydrogen-bond acceptors (Lipinski definition) is 8. The molecule has 0 bridgehead atoms. The van der Waals surface area contributed by atoms with Crippen LogP contribution in [0.15, 0.2) is 48.5 Å². The van der Waals surface area contributed by atoms with E-state index in [1.807, 2.05) is 36.4 Å². The highest BCUT2D eigenvalue weighted by atomic mass is 16.7. The molecule has 5 atom stereocenters. The van der Waals surface area contributed by atoms with Gasteiger partial charge in [-0.25, -0.2) is 4.79 Å². The minimum atomic E-state index is -0.598. The molecule has 2 fully saturated rings. The molecular weight excluding hydrogens is 514 g/mol. The number of nitrogens with one attached hydrogen (secondary N) is 2. The molecule has 4 rings (SSSR count). The molecule has 10 heteroatoms. The Morgan fingerprint density at radius 1 is 1.07 bits per heavy atom. The van der Waals surface area contributed by atoms with Crippen LogP contribution in [0.4, 0.5) is 10.5 Å². The molecule has 0 radical (unpaired) electrons. The van der Waals surface area contributed by atoms with Crippen LogP contribution in [-0.4, -0.2) is 74.1 Å². The second kappa shape index (κ2) is 14.6. The van der Waals surface area contributed by atoms with Crippen molar-refractivity contribution in [3.05, 3.63) is 65.2 Å². The lowest BCUT2D eigenvalue weighted by Gasteiger charge is -2.43. The summed E-state index contributed by atoms with van der Waals surface area (Å²) >= 11 is 0. The fourth-order valence-electron chi connectivity index (χ4n) is 5.34. The van der Waals surface area contributed by atoms with E-state index in [4.69, 9.17) is 18.9 Å². The van der Waals surface area contributed by atoms with Crippen LogP contribution in [0.2, 0.25) is 0 Å². The molecule has 0 aliphatic carbocycles. The molecule has 0 saturated carbocycles. The first-order valence-corrected chi connectivity index (χ1v) is 14.0. The summed E-state index contributed by atoms with van der Waals surface area (Å²) in [4.78, 5) is 26.1. The Morgan fingerprint density at radius 2 is 1.80 bits per heavy atom. The number of aliphatic hydroxyl groups excluding tert-OH is 1. The molecule has 2 aliphatic rings. The van der Waals surface area contributed by atoms with Crippen molar-refractivity contribution in [1.29, 1.82) is 0 Å². The first-order chi connectivity index (χ1) is 19.4. The predicted molar refractivity (Wildman–Crippen MR) is 150 cm³/mol. The molecule has 218 valence electrons. The number of rotatable bonds is 11. The molecule has 2 heterocycles. The van der Waals surface area contributed by atoms with E-state index in [0.717, 1.165) is 42.6 Å². The van der Waals surface area contributed by atoms with Crippen LogP contribution in [0.1, 0.15) is 55.8 Å². The van der Waals surface area contributed by atoms with E-state index in [2.05, 4.69) is 22.5 Å². The van der Waals surface area contributed by atoms with Crippen molar-refractivity contribution in [3.63, 3.8) is 0 Å². The predicted octanol–water partition coefficient (Wildman–Crippen LogP) is 3.77. The Labute approximate surface area is 235 Å². The number of esters is 1. The number of urea groups is 1. The Morgan fingerprint density at radius 3 is 2.48 bits per heavy atom. The first kappa shape index (κ1) is 30.0. The summed E-state index contributed by atoms with van der Waals surface area (Å²) in [5.74, 6) is -0.407. The minimum absolute atomic E-state index is 0.00714. The number of carbonyl (C=O) groups excluding carboxylic acids is 2. The van der Waals surface area contributed by atoms with Gasteiger partial charge in [-0.15, -0.1) is 0 Å². The molecule has 0 unspecified atom stereocenters. The van der Waals surface area contributed by atoms with Crippen molar-refractivity contribution in [1.82, 2.24) is 10.2 Å². The highest BCUT2D eigenvalue weighted by Crippen LogP contribution is 2.42. The summed E-state index contributed by atoms with van der Waals surface area (Å²) in [5, 5.41) is 14.7. The Kier molecular flexibility index (Phi) is 10.9. The van der Waals surface area contributed by atoms with Crippen molar-refractivity contribution >= 4 is 17.7 Å². The monoisotopic (exact) mass is 555 g/mol. The second-order valence-corrected chi connectivity index (χ2v) is 10.3. The molecule has 2 aliphatic heterocycles. The van der Waals surface area contributed by atoms with Gasteiger partial charge in [-0.2, -0.15) is 0 Å². The average molecular weight is 556 g/mol. The number of nitrogens with zero attached hydrogens (tertiary/aromatic N) is 1. The fourth-order valence-corrected chi connectivity index (χ4v) is 5.34. The number of hydrogen-bond donors (Lipinski definition) is 3. The number of carbonyl (C=O) groups is 2. The van der Waals surface area contributed by atoms with E-state index in [1.54, 1.807) is 26.2 Å². The molecule has 10 nitrogen and oxygen atoms in total. The zero-order valence-corrected chi connectivity index (χ0v) is 23.5. The smallest absolute Gasteiger partial charge is 0.325 e. The van der Waals surface area contributed by atoms with E-state index >= 15 is 0 Å². The summed E-state index contributed by atoms with van der Waals surface area (Å²) in [7, 11) is 1.74. The van der Waals surface area contributed by atoms with Crippen LogP contribution in [0.3, 0.4) is 0 Å². The molecule has 2 aromatic rings. The molecule has 0 aromatic heterocycles. The van der Waals surface area contributed by atoms with Gasteiger partial charge in [-0.1, -0.05) is 43.3 Å². The third kappa shape index (κ3) is 7.80. The van der Waals surface area contributed by atoms with E-state index in [9.17, 15) is 14.7 Å². The van der Waals surface area contributed by atoms with Gasteiger partial charge >= 0.3 is 12.0 Å². The SMILES string of the molecule is CCOC(=O)CNC(=O)Nc1ccc([C@H]2O[C@@H](CN3CCC[C@H]3COC)[C@@H](C)[C@@H](c3ccc(CO)cc3)O2)cc1. The number of ether oxygens (including phenoxy) is 4.